The van der Waals surface area contributed by atoms with Crippen molar-refractivity contribution in [1.82, 2.24) is 0 Å². The smallest absolute Gasteiger partial charge is 0.299 e. The number of thiol groups is 1. The summed E-state index contributed by atoms with van der Waals surface area (Å²) >= 11 is 0. The van der Waals surface area contributed by atoms with Crippen LogP contribution in [0.4, 0.5) is 0 Å². The number of carbonyl (C=O) groups is 1. The molecule has 0 saturated carbocycles. The lowest BCUT2D eigenvalue weighted by atomic mass is 10.6. The molecule has 6 heteroatoms. The average molecular weight is 151 g/mol. The molecule has 0 spiro atoms. The standard InChI is InChI=1S/C3H5NO4S/c1-2(3(4)5)8-9(6)7/h9H,1H2,(H2,4,5). The van der Waals surface area contributed by atoms with Crippen LogP contribution in [0.1, 0.15) is 0 Å². The molecule has 5 nitrogen and oxygen atoms in total. The van der Waals surface area contributed by atoms with Crippen molar-refractivity contribution in [2.24, 2.45) is 5.73 Å². The maximum atomic E-state index is 9.97. The first-order valence-corrected chi connectivity index (χ1v) is 2.94. The Balaban J connectivity index is 3.94. The zero-order valence-corrected chi connectivity index (χ0v) is 5.26. The van der Waals surface area contributed by atoms with Crippen molar-refractivity contribution in [3.63, 3.8) is 0 Å². The Morgan fingerprint density at radius 1 is 1.56 bits per heavy atom. The summed E-state index contributed by atoms with van der Waals surface area (Å²) in [5.74, 6) is -1.57. The van der Waals surface area contributed by atoms with Crippen LogP contribution in [0, 0.1) is 0 Å². The molecule has 0 aliphatic carbocycles. The predicted octanol–water partition coefficient (Wildman–Crippen LogP) is -1.47. The molecule has 0 aliphatic rings. The van der Waals surface area contributed by atoms with Crippen LogP contribution in [-0.4, -0.2) is 14.3 Å². The first-order valence-electron chi connectivity index (χ1n) is 1.85. The number of primary amides is 1. The summed E-state index contributed by atoms with van der Waals surface area (Å²) in [6.07, 6.45) is 0. The maximum Gasteiger partial charge on any atom is 0.299 e. The minimum Gasteiger partial charge on any atom is -0.379 e. The minimum absolute atomic E-state index is 0.578. The van der Waals surface area contributed by atoms with Crippen molar-refractivity contribution in [3.05, 3.63) is 12.3 Å². The van der Waals surface area contributed by atoms with E-state index >= 15 is 0 Å². The Hall–Kier alpha value is -1.04. The number of amides is 1. The Morgan fingerprint density at radius 2 is 2.00 bits per heavy atom. The van der Waals surface area contributed by atoms with Gasteiger partial charge in [0.15, 0.2) is 5.76 Å². The monoisotopic (exact) mass is 151 g/mol. The fourth-order valence-corrected chi connectivity index (χ4v) is 0.405. The number of nitrogens with two attached hydrogens (primary N) is 1. The van der Waals surface area contributed by atoms with Crippen molar-refractivity contribution >= 4 is 16.9 Å². The number of carbonyl (C=O) groups excluding carboxylic acids is 1. The van der Waals surface area contributed by atoms with Crippen LogP contribution in [0.3, 0.4) is 0 Å². The lowest BCUT2D eigenvalue weighted by Crippen LogP contribution is -2.14. The van der Waals surface area contributed by atoms with Gasteiger partial charge in [-0.2, -0.15) is 8.42 Å². The topological polar surface area (TPSA) is 86.5 Å². The lowest BCUT2D eigenvalue weighted by Gasteiger charge is -1.92. The van der Waals surface area contributed by atoms with Gasteiger partial charge in [-0.1, -0.05) is 0 Å². The van der Waals surface area contributed by atoms with Crippen LogP contribution >= 0.6 is 0 Å². The summed E-state index contributed by atoms with van der Waals surface area (Å²) in [7, 11) is -3.07. The molecule has 0 bridgehead atoms. The molecule has 0 saturated heterocycles. The molecule has 0 unspecified atom stereocenters. The normalized spacial score (nSPS) is 9.00. The molecule has 0 aromatic carbocycles. The molecule has 0 rings (SSSR count). The molecule has 0 heterocycles. The van der Waals surface area contributed by atoms with Gasteiger partial charge in [-0.05, 0) is 6.58 Å². The number of hydrogen-bond acceptors (Lipinski definition) is 4. The highest BCUT2D eigenvalue weighted by atomic mass is 32.2. The Labute approximate surface area is 53.3 Å². The Morgan fingerprint density at radius 3 is 2.11 bits per heavy atom. The highest BCUT2D eigenvalue weighted by Gasteiger charge is 2.01. The fourth-order valence-electron chi connectivity index (χ4n) is 0.135. The second-order valence-corrected chi connectivity index (χ2v) is 1.73. The number of hydrogen-bond donors (Lipinski definition) is 2. The van der Waals surface area contributed by atoms with Crippen LogP contribution in [0.5, 0.6) is 0 Å². The molecule has 2 N–H and O–H groups in total. The Kier molecular flexibility index (Phi) is 2.72. The molecule has 0 radical (unpaired) electrons. The first kappa shape index (κ1) is 7.96. The molecule has 0 atom stereocenters. The van der Waals surface area contributed by atoms with Gasteiger partial charge in [0.2, 0.25) is 0 Å². The molecule has 0 aromatic heterocycles. The van der Waals surface area contributed by atoms with Gasteiger partial charge in [0.05, 0.1) is 0 Å². The van der Waals surface area contributed by atoms with E-state index in [1.165, 1.54) is 0 Å². The third-order valence-corrected chi connectivity index (χ3v) is 0.829. The van der Waals surface area contributed by atoms with Crippen molar-refractivity contribution in [3.8, 4) is 0 Å². The first-order chi connectivity index (χ1) is 4.04. The van der Waals surface area contributed by atoms with Gasteiger partial charge < -0.3 is 9.92 Å². The third-order valence-electron chi connectivity index (χ3n) is 0.460. The fraction of sp³-hybridized carbons (Fsp3) is 0. The zero-order valence-electron chi connectivity index (χ0n) is 4.36. The molecular formula is C3H5NO4S. The van der Waals surface area contributed by atoms with Crippen molar-refractivity contribution in [2.75, 3.05) is 0 Å². The van der Waals surface area contributed by atoms with Crippen LogP contribution in [0.2, 0.25) is 0 Å². The van der Waals surface area contributed by atoms with Crippen molar-refractivity contribution < 1.29 is 17.4 Å². The van der Waals surface area contributed by atoms with E-state index in [1.807, 2.05) is 0 Å². The van der Waals surface area contributed by atoms with Gasteiger partial charge in [-0.3, -0.25) is 4.79 Å². The van der Waals surface area contributed by atoms with E-state index in [1.54, 1.807) is 0 Å². The van der Waals surface area contributed by atoms with Gasteiger partial charge in [0.25, 0.3) is 16.9 Å². The summed E-state index contributed by atoms with van der Waals surface area (Å²) in [4.78, 5) is 9.97. The predicted molar refractivity (Wildman–Crippen MR) is 29.7 cm³/mol. The molecule has 9 heavy (non-hydrogen) atoms. The number of rotatable bonds is 3. The summed E-state index contributed by atoms with van der Waals surface area (Å²) in [5.41, 5.74) is 4.55. The second kappa shape index (κ2) is 3.08. The molecule has 0 aromatic rings. The van der Waals surface area contributed by atoms with Crippen LogP contribution in [0.15, 0.2) is 12.3 Å². The highest BCUT2D eigenvalue weighted by Crippen LogP contribution is 1.88. The zero-order chi connectivity index (χ0) is 7.44. The molecule has 0 fully saturated rings. The van der Waals surface area contributed by atoms with Crippen LogP contribution < -0.4 is 5.73 Å². The quantitative estimate of drug-likeness (QED) is 0.293. The molecule has 52 valence electrons. The van der Waals surface area contributed by atoms with Gasteiger partial charge in [0, 0.05) is 0 Å². The highest BCUT2D eigenvalue weighted by molar-refractivity contribution is 7.67. The minimum atomic E-state index is -3.07. The van der Waals surface area contributed by atoms with E-state index in [4.69, 9.17) is 0 Å². The van der Waals surface area contributed by atoms with Crippen molar-refractivity contribution in [1.29, 1.82) is 0 Å². The van der Waals surface area contributed by atoms with Crippen LogP contribution in [0.25, 0.3) is 0 Å². The van der Waals surface area contributed by atoms with Crippen LogP contribution in [-0.2, 0) is 20.0 Å². The van der Waals surface area contributed by atoms with E-state index < -0.39 is 22.7 Å². The largest absolute Gasteiger partial charge is 0.379 e. The molecule has 0 aliphatic heterocycles. The van der Waals surface area contributed by atoms with E-state index in [0.717, 1.165) is 0 Å². The average Bonchev–Trinajstić information content (AvgIpc) is 1.63. The Bertz CT molecular complexity index is 198. The van der Waals surface area contributed by atoms with Gasteiger partial charge in [-0.25, -0.2) is 0 Å². The summed E-state index contributed by atoms with van der Waals surface area (Å²) in [6.45, 7) is 2.91. The van der Waals surface area contributed by atoms with Gasteiger partial charge in [0.1, 0.15) is 0 Å². The lowest BCUT2D eigenvalue weighted by molar-refractivity contribution is -0.116. The summed E-state index contributed by atoms with van der Waals surface area (Å²) in [5, 5.41) is 0. The third kappa shape index (κ3) is 3.53. The van der Waals surface area contributed by atoms with E-state index in [9.17, 15) is 13.2 Å². The SMILES string of the molecule is C=C(O[SH](=O)=O)C(N)=O. The maximum absolute atomic E-state index is 9.97. The van der Waals surface area contributed by atoms with Crippen molar-refractivity contribution in [2.45, 2.75) is 0 Å². The van der Waals surface area contributed by atoms with E-state index in [0.29, 0.717) is 0 Å². The van der Waals surface area contributed by atoms with E-state index in [-0.39, 0.29) is 0 Å². The van der Waals surface area contributed by atoms with E-state index in [2.05, 4.69) is 16.5 Å². The summed E-state index contributed by atoms with van der Waals surface area (Å²) < 4.78 is 23.1. The summed E-state index contributed by atoms with van der Waals surface area (Å²) in [6, 6.07) is 0. The second-order valence-electron chi connectivity index (χ2n) is 1.10. The molecular weight excluding hydrogens is 146 g/mol. The molecule has 1 amide bonds. The van der Waals surface area contributed by atoms with Gasteiger partial charge >= 0.3 is 0 Å². The van der Waals surface area contributed by atoms with Gasteiger partial charge in [-0.15, -0.1) is 0 Å².